The first-order valence-electron chi connectivity index (χ1n) is 10.4. The van der Waals surface area contributed by atoms with E-state index in [9.17, 15) is 13.2 Å². The molecular formula is C25H23N3O3S. The van der Waals surface area contributed by atoms with Crippen LogP contribution in [0.25, 0.3) is 11.1 Å². The van der Waals surface area contributed by atoms with Crippen LogP contribution in [0.2, 0.25) is 0 Å². The summed E-state index contributed by atoms with van der Waals surface area (Å²) in [5, 5.41) is 9.03. The second-order valence-electron chi connectivity index (χ2n) is 7.74. The molecule has 6 nitrogen and oxygen atoms in total. The summed E-state index contributed by atoms with van der Waals surface area (Å²) < 4.78 is 28.0. The third kappa shape index (κ3) is 4.88. The van der Waals surface area contributed by atoms with Gasteiger partial charge < -0.3 is 4.90 Å². The molecule has 0 aliphatic carbocycles. The second kappa shape index (κ2) is 9.35. The minimum Gasteiger partial charge on any atom is -0.338 e. The maximum atomic E-state index is 12.7. The number of likely N-dealkylation sites (tertiary alicyclic amines) is 1. The minimum atomic E-state index is -3.75. The number of hydrogen-bond acceptors (Lipinski definition) is 4. The Balaban J connectivity index is 1.50. The van der Waals surface area contributed by atoms with Crippen molar-refractivity contribution in [1.29, 1.82) is 5.26 Å². The molecule has 162 valence electrons. The van der Waals surface area contributed by atoms with Crippen LogP contribution in [0, 0.1) is 11.3 Å². The van der Waals surface area contributed by atoms with E-state index in [0.29, 0.717) is 18.5 Å². The van der Waals surface area contributed by atoms with Crippen LogP contribution in [0.4, 0.5) is 0 Å². The van der Waals surface area contributed by atoms with Crippen LogP contribution in [0.3, 0.4) is 0 Å². The van der Waals surface area contributed by atoms with E-state index in [1.54, 1.807) is 12.1 Å². The summed E-state index contributed by atoms with van der Waals surface area (Å²) in [5.74, 6) is 0.201. The van der Waals surface area contributed by atoms with Gasteiger partial charge in [0.2, 0.25) is 15.9 Å². The Bertz CT molecular complexity index is 1280. The molecular weight excluding hydrogens is 422 g/mol. The summed E-state index contributed by atoms with van der Waals surface area (Å²) in [6.07, 6.45) is 1.54. The molecule has 1 N–H and O–H groups in total. The molecule has 1 aliphatic rings. The first-order chi connectivity index (χ1) is 15.5. The molecule has 1 fully saturated rings. The Morgan fingerprint density at radius 1 is 1.00 bits per heavy atom. The summed E-state index contributed by atoms with van der Waals surface area (Å²) in [4.78, 5) is 13.8. The highest BCUT2D eigenvalue weighted by atomic mass is 32.2. The van der Waals surface area contributed by atoms with E-state index in [2.05, 4.69) is 4.72 Å². The van der Waals surface area contributed by atoms with Crippen molar-refractivity contribution in [3.8, 4) is 17.2 Å². The summed E-state index contributed by atoms with van der Waals surface area (Å²) in [5.41, 5.74) is 4.12. The lowest BCUT2D eigenvalue weighted by Crippen LogP contribution is -2.23. The van der Waals surface area contributed by atoms with Crippen LogP contribution >= 0.6 is 0 Å². The number of nitrogens with zero attached hydrogens (tertiary/aromatic N) is 2. The number of benzene rings is 3. The number of sulfonamides is 1. The SMILES string of the molecule is N#Cc1cccc(S(=O)(=O)NCc2ccccc2-c2ccc(CN3CCCC3=O)cc2)c1. The zero-order valence-corrected chi connectivity index (χ0v) is 18.3. The summed E-state index contributed by atoms with van der Waals surface area (Å²) in [7, 11) is -3.75. The molecule has 7 heteroatoms. The van der Waals surface area contributed by atoms with Crippen molar-refractivity contribution in [3.05, 3.63) is 89.5 Å². The molecule has 1 saturated heterocycles. The third-order valence-electron chi connectivity index (χ3n) is 5.55. The number of carbonyl (C=O) groups is 1. The monoisotopic (exact) mass is 445 g/mol. The Hall–Kier alpha value is -3.47. The van der Waals surface area contributed by atoms with Crippen molar-refractivity contribution in [1.82, 2.24) is 9.62 Å². The molecule has 1 aliphatic heterocycles. The quantitative estimate of drug-likeness (QED) is 0.599. The highest BCUT2D eigenvalue weighted by molar-refractivity contribution is 7.89. The fraction of sp³-hybridized carbons (Fsp3) is 0.200. The van der Waals surface area contributed by atoms with Crippen molar-refractivity contribution >= 4 is 15.9 Å². The first-order valence-corrected chi connectivity index (χ1v) is 11.9. The van der Waals surface area contributed by atoms with E-state index in [4.69, 9.17) is 5.26 Å². The van der Waals surface area contributed by atoms with Crippen LogP contribution in [-0.2, 0) is 27.9 Å². The lowest BCUT2D eigenvalue weighted by Gasteiger charge is -2.16. The van der Waals surface area contributed by atoms with E-state index in [-0.39, 0.29) is 17.3 Å². The molecule has 1 amide bonds. The fourth-order valence-corrected chi connectivity index (χ4v) is 4.88. The third-order valence-corrected chi connectivity index (χ3v) is 6.95. The molecule has 0 saturated carbocycles. The molecule has 0 unspecified atom stereocenters. The topological polar surface area (TPSA) is 90.3 Å². The molecule has 3 aromatic rings. The normalized spacial score (nSPS) is 13.8. The lowest BCUT2D eigenvalue weighted by molar-refractivity contribution is -0.128. The predicted molar refractivity (Wildman–Crippen MR) is 122 cm³/mol. The van der Waals surface area contributed by atoms with Gasteiger partial charge in [0.1, 0.15) is 0 Å². The molecule has 0 bridgehead atoms. The Labute approximate surface area is 188 Å². The number of nitriles is 1. The maximum absolute atomic E-state index is 12.7. The fourth-order valence-electron chi connectivity index (χ4n) is 3.83. The van der Waals surface area contributed by atoms with E-state index in [1.807, 2.05) is 59.5 Å². The van der Waals surface area contributed by atoms with Gasteiger partial charge in [0.15, 0.2) is 0 Å². The molecule has 32 heavy (non-hydrogen) atoms. The predicted octanol–water partition coefficient (Wildman–Crippen LogP) is 3.83. The van der Waals surface area contributed by atoms with Gasteiger partial charge in [-0.3, -0.25) is 4.79 Å². The van der Waals surface area contributed by atoms with Crippen molar-refractivity contribution in [2.45, 2.75) is 30.8 Å². The smallest absolute Gasteiger partial charge is 0.240 e. The number of rotatable bonds is 7. The van der Waals surface area contributed by atoms with Gasteiger partial charge >= 0.3 is 0 Å². The molecule has 4 rings (SSSR count). The van der Waals surface area contributed by atoms with Crippen LogP contribution in [0.5, 0.6) is 0 Å². The standard InChI is InChI=1S/C25H23N3O3S/c26-16-20-5-3-7-23(15-20)32(30,31)27-17-22-6-1-2-8-24(22)21-12-10-19(11-13-21)18-28-14-4-9-25(28)29/h1-3,5-8,10-13,15,27H,4,9,14,17-18H2. The first kappa shape index (κ1) is 21.8. The number of hydrogen-bond donors (Lipinski definition) is 1. The minimum absolute atomic E-state index is 0.0647. The van der Waals surface area contributed by atoms with Gasteiger partial charge in [-0.25, -0.2) is 13.1 Å². The Kier molecular flexibility index (Phi) is 6.35. The van der Waals surface area contributed by atoms with Gasteiger partial charge in [-0.2, -0.15) is 5.26 Å². The van der Waals surface area contributed by atoms with E-state index < -0.39 is 10.0 Å². The van der Waals surface area contributed by atoms with E-state index >= 15 is 0 Å². The van der Waals surface area contributed by atoms with Crippen LogP contribution in [-0.4, -0.2) is 25.8 Å². The Morgan fingerprint density at radius 3 is 2.50 bits per heavy atom. The average Bonchev–Trinajstić information content (AvgIpc) is 3.23. The van der Waals surface area contributed by atoms with Crippen LogP contribution in [0.15, 0.2) is 77.7 Å². The molecule has 1 heterocycles. The maximum Gasteiger partial charge on any atom is 0.240 e. The zero-order valence-electron chi connectivity index (χ0n) is 17.5. The van der Waals surface area contributed by atoms with Crippen LogP contribution in [0.1, 0.15) is 29.5 Å². The van der Waals surface area contributed by atoms with Crippen LogP contribution < -0.4 is 4.72 Å². The van der Waals surface area contributed by atoms with Crippen molar-refractivity contribution in [2.75, 3.05) is 6.54 Å². The van der Waals surface area contributed by atoms with E-state index in [1.165, 1.54) is 12.1 Å². The highest BCUT2D eigenvalue weighted by Gasteiger charge is 2.20. The van der Waals surface area contributed by atoms with Gasteiger partial charge in [0, 0.05) is 26.1 Å². The molecule has 0 atom stereocenters. The average molecular weight is 446 g/mol. The lowest BCUT2D eigenvalue weighted by atomic mass is 9.98. The van der Waals surface area contributed by atoms with Gasteiger partial charge in [-0.1, -0.05) is 54.6 Å². The molecule has 3 aromatic carbocycles. The van der Waals surface area contributed by atoms with Gasteiger partial charge in [0.25, 0.3) is 0 Å². The summed E-state index contributed by atoms with van der Waals surface area (Å²) in [6, 6.07) is 23.6. The Morgan fingerprint density at radius 2 is 1.78 bits per heavy atom. The van der Waals surface area contributed by atoms with Gasteiger partial charge in [-0.15, -0.1) is 0 Å². The van der Waals surface area contributed by atoms with E-state index in [0.717, 1.165) is 35.2 Å². The largest absolute Gasteiger partial charge is 0.338 e. The number of nitrogens with one attached hydrogen (secondary N) is 1. The second-order valence-corrected chi connectivity index (χ2v) is 9.50. The van der Waals surface area contributed by atoms with Gasteiger partial charge in [0.05, 0.1) is 16.5 Å². The van der Waals surface area contributed by atoms with Crippen molar-refractivity contribution in [3.63, 3.8) is 0 Å². The van der Waals surface area contributed by atoms with Crippen molar-refractivity contribution in [2.24, 2.45) is 0 Å². The highest BCUT2D eigenvalue weighted by Crippen LogP contribution is 2.25. The molecule has 0 spiro atoms. The number of amides is 1. The van der Waals surface area contributed by atoms with Crippen molar-refractivity contribution < 1.29 is 13.2 Å². The molecule has 0 radical (unpaired) electrons. The molecule has 0 aromatic heterocycles. The zero-order chi connectivity index (χ0) is 22.6. The summed E-state index contributed by atoms with van der Waals surface area (Å²) >= 11 is 0. The number of carbonyl (C=O) groups excluding carboxylic acids is 1. The van der Waals surface area contributed by atoms with Gasteiger partial charge in [-0.05, 0) is 46.9 Å². The summed E-state index contributed by atoms with van der Waals surface area (Å²) in [6.45, 7) is 1.54.